The molecular weight excluding hydrogens is 633 g/mol. The molecule has 0 fully saturated rings. The summed E-state index contributed by atoms with van der Waals surface area (Å²) in [5, 5.41) is 16.1. The Kier molecular flexibility index (Phi) is 8.65. The molecule has 50 heavy (non-hydrogen) atoms. The summed E-state index contributed by atoms with van der Waals surface area (Å²) in [6, 6.07) is 49.0. The summed E-state index contributed by atoms with van der Waals surface area (Å²) in [5.41, 5.74) is 9.14. The fraction of sp³-hybridized carbons (Fsp3) is 0.163. The number of nitrogens with zero attached hydrogens (tertiary/aromatic N) is 6. The third-order valence-corrected chi connectivity index (χ3v) is 10.5. The van der Waals surface area contributed by atoms with Crippen molar-refractivity contribution in [1.29, 1.82) is 0 Å². The van der Waals surface area contributed by atoms with Crippen LogP contribution in [0.5, 0.6) is 0 Å². The van der Waals surface area contributed by atoms with Gasteiger partial charge in [-0.1, -0.05) is 153 Å². The number of rotatable bonds is 11. The summed E-state index contributed by atoms with van der Waals surface area (Å²) < 4.78 is 4.41. The van der Waals surface area contributed by atoms with E-state index < -0.39 is 5.54 Å². The van der Waals surface area contributed by atoms with E-state index in [2.05, 4.69) is 150 Å². The lowest BCUT2D eigenvalue weighted by Crippen LogP contribution is -2.39. The minimum Gasteiger partial charge on any atom is -0.323 e. The first-order chi connectivity index (χ1) is 24.7. The third-order valence-electron chi connectivity index (χ3n) is 9.66. The maximum Gasteiger partial charge on any atom is 0.184 e. The van der Waals surface area contributed by atoms with Crippen LogP contribution >= 0.6 is 11.3 Å². The number of hydrogen-bond donors (Lipinski definition) is 0. The highest BCUT2D eigenvalue weighted by Gasteiger charge is 2.42. The summed E-state index contributed by atoms with van der Waals surface area (Å²) in [4.78, 5) is 6.34. The Hall–Kier alpha value is -5.66. The Bertz CT molecular complexity index is 2240. The molecule has 0 saturated heterocycles. The molecule has 0 aliphatic heterocycles. The van der Waals surface area contributed by atoms with E-state index in [9.17, 15) is 0 Å². The van der Waals surface area contributed by atoms with Gasteiger partial charge >= 0.3 is 0 Å². The van der Waals surface area contributed by atoms with Crippen molar-refractivity contribution in [2.75, 3.05) is 0 Å². The van der Waals surface area contributed by atoms with Crippen molar-refractivity contribution in [3.63, 3.8) is 0 Å². The van der Waals surface area contributed by atoms with Crippen LogP contribution in [0.15, 0.2) is 145 Å². The minimum absolute atomic E-state index is 0.690. The van der Waals surface area contributed by atoms with Gasteiger partial charge < -0.3 is 4.57 Å². The van der Waals surface area contributed by atoms with Crippen LogP contribution < -0.4 is 0 Å². The van der Waals surface area contributed by atoms with Gasteiger partial charge in [-0.05, 0) is 57.2 Å². The largest absolute Gasteiger partial charge is 0.323 e. The second-order valence-corrected chi connectivity index (χ2v) is 13.8. The predicted octanol–water partition coefficient (Wildman–Crippen LogP) is 9.96. The number of aromatic nitrogens is 6. The molecule has 246 valence electrons. The monoisotopic (exact) mass is 670 g/mol. The van der Waals surface area contributed by atoms with Crippen molar-refractivity contribution in [3.05, 3.63) is 178 Å². The molecule has 5 aromatic carbocycles. The Morgan fingerprint density at radius 2 is 1.26 bits per heavy atom. The third kappa shape index (κ3) is 5.53. The normalized spacial score (nSPS) is 11.7. The summed E-state index contributed by atoms with van der Waals surface area (Å²) in [7, 11) is 0. The average molecular weight is 671 g/mol. The van der Waals surface area contributed by atoms with Gasteiger partial charge in [-0.3, -0.25) is 0 Å². The number of imidazole rings is 1. The SMILES string of the molecule is CCCCc1nc2c(C)scc2n1Cc1ccc(-c2ccccc2-c2nnnn2C(c2ccccc2)(c2ccccc2)c2ccccc2)cc1. The van der Waals surface area contributed by atoms with E-state index in [4.69, 9.17) is 15.3 Å². The smallest absolute Gasteiger partial charge is 0.184 e. The second-order valence-electron chi connectivity index (χ2n) is 12.7. The zero-order chi connectivity index (χ0) is 33.9. The van der Waals surface area contributed by atoms with E-state index in [1.54, 1.807) is 11.3 Å². The summed E-state index contributed by atoms with van der Waals surface area (Å²) >= 11 is 1.78. The van der Waals surface area contributed by atoms with E-state index in [0.29, 0.717) is 5.82 Å². The number of tetrazole rings is 1. The van der Waals surface area contributed by atoms with E-state index in [0.717, 1.165) is 64.7 Å². The van der Waals surface area contributed by atoms with Crippen molar-refractivity contribution in [2.24, 2.45) is 0 Å². The number of hydrogen-bond acceptors (Lipinski definition) is 5. The molecule has 3 heterocycles. The number of unbranched alkanes of at least 4 members (excludes halogenated alkanes) is 1. The molecule has 0 unspecified atom stereocenters. The Morgan fingerprint density at radius 3 is 1.86 bits per heavy atom. The maximum atomic E-state index is 5.06. The molecule has 7 heteroatoms. The molecule has 0 amide bonds. The molecule has 0 aliphatic carbocycles. The van der Waals surface area contributed by atoms with Crippen molar-refractivity contribution in [1.82, 2.24) is 29.8 Å². The van der Waals surface area contributed by atoms with Crippen LogP contribution in [-0.2, 0) is 18.5 Å². The fourth-order valence-electron chi connectivity index (χ4n) is 7.18. The number of benzene rings is 5. The lowest BCUT2D eigenvalue weighted by atomic mass is 9.77. The molecular formula is C43H38N6S. The first-order valence-electron chi connectivity index (χ1n) is 17.3. The molecule has 8 aromatic rings. The van der Waals surface area contributed by atoms with Gasteiger partial charge in [0.25, 0.3) is 0 Å². The summed E-state index contributed by atoms with van der Waals surface area (Å²) in [5.74, 6) is 1.86. The summed E-state index contributed by atoms with van der Waals surface area (Å²) in [6.45, 7) is 5.19. The molecule has 8 rings (SSSR count). The fourth-order valence-corrected chi connectivity index (χ4v) is 7.97. The lowest BCUT2D eigenvalue weighted by molar-refractivity contribution is 0.451. The van der Waals surface area contributed by atoms with E-state index >= 15 is 0 Å². The lowest BCUT2D eigenvalue weighted by Gasteiger charge is -2.36. The van der Waals surface area contributed by atoms with Gasteiger partial charge in [0, 0.05) is 28.8 Å². The van der Waals surface area contributed by atoms with Crippen LogP contribution in [0.2, 0.25) is 0 Å². The molecule has 0 saturated carbocycles. The number of aryl methyl sites for hydroxylation is 2. The van der Waals surface area contributed by atoms with Gasteiger partial charge in [-0.15, -0.1) is 16.4 Å². The van der Waals surface area contributed by atoms with Crippen LogP contribution in [0.3, 0.4) is 0 Å². The Morgan fingerprint density at radius 1 is 0.680 bits per heavy atom. The second kappa shape index (κ2) is 13.7. The molecule has 6 nitrogen and oxygen atoms in total. The van der Waals surface area contributed by atoms with Crippen LogP contribution in [0.25, 0.3) is 33.5 Å². The van der Waals surface area contributed by atoms with Crippen molar-refractivity contribution in [2.45, 2.75) is 45.2 Å². The van der Waals surface area contributed by atoms with E-state index in [1.165, 1.54) is 21.8 Å². The first kappa shape index (κ1) is 31.6. The van der Waals surface area contributed by atoms with Crippen LogP contribution in [0.4, 0.5) is 0 Å². The van der Waals surface area contributed by atoms with Crippen molar-refractivity contribution in [3.8, 4) is 22.5 Å². The van der Waals surface area contributed by atoms with Gasteiger partial charge in [0.2, 0.25) is 0 Å². The number of fused-ring (bicyclic) bond motifs is 1. The van der Waals surface area contributed by atoms with E-state index in [-0.39, 0.29) is 0 Å². The average Bonchev–Trinajstić information content (AvgIpc) is 3.90. The molecule has 0 spiro atoms. The standard InChI is InChI=1S/C43H38N6S/c1-3-4-24-40-44-41-31(2)50-30-39(41)48(40)29-32-25-27-33(28-26-32)37-22-14-15-23-38(37)42-45-46-47-49(42)43(34-16-8-5-9-17-34,35-18-10-6-11-19-35)36-20-12-7-13-21-36/h5-23,25-28,30H,3-4,24,29H2,1-2H3. The molecule has 0 N–H and O–H groups in total. The van der Waals surface area contributed by atoms with Crippen molar-refractivity contribution >= 4 is 22.4 Å². The topological polar surface area (TPSA) is 61.4 Å². The minimum atomic E-state index is -0.828. The highest BCUT2D eigenvalue weighted by Crippen LogP contribution is 2.43. The quantitative estimate of drug-likeness (QED) is 0.129. The van der Waals surface area contributed by atoms with Gasteiger partial charge in [-0.25, -0.2) is 9.67 Å². The Labute approximate surface area is 296 Å². The zero-order valence-electron chi connectivity index (χ0n) is 28.3. The van der Waals surface area contributed by atoms with Crippen LogP contribution in [0, 0.1) is 6.92 Å². The van der Waals surface area contributed by atoms with Gasteiger partial charge in [0.05, 0.1) is 5.52 Å². The summed E-state index contributed by atoms with van der Waals surface area (Å²) in [6.07, 6.45) is 3.28. The van der Waals surface area contributed by atoms with Gasteiger partial charge in [0.1, 0.15) is 16.9 Å². The van der Waals surface area contributed by atoms with Crippen LogP contribution in [0.1, 0.15) is 52.7 Å². The van der Waals surface area contributed by atoms with Crippen LogP contribution in [-0.4, -0.2) is 29.8 Å². The van der Waals surface area contributed by atoms with Gasteiger partial charge in [0.15, 0.2) is 5.82 Å². The highest BCUT2D eigenvalue weighted by molar-refractivity contribution is 7.11. The molecule has 0 bridgehead atoms. The maximum absolute atomic E-state index is 5.06. The molecule has 0 aliphatic rings. The predicted molar refractivity (Wildman–Crippen MR) is 203 cm³/mol. The van der Waals surface area contributed by atoms with Gasteiger partial charge in [-0.2, -0.15) is 0 Å². The first-order valence-corrected chi connectivity index (χ1v) is 18.1. The van der Waals surface area contributed by atoms with E-state index in [1.807, 2.05) is 22.9 Å². The van der Waals surface area contributed by atoms with Crippen molar-refractivity contribution < 1.29 is 0 Å². The Balaban J connectivity index is 1.23. The molecule has 0 atom stereocenters. The highest BCUT2D eigenvalue weighted by atomic mass is 32.1. The number of thiophene rings is 1. The zero-order valence-corrected chi connectivity index (χ0v) is 29.1. The molecule has 0 radical (unpaired) electrons. The molecule has 3 aromatic heterocycles.